The van der Waals surface area contributed by atoms with E-state index in [1.807, 2.05) is 30.9 Å². The number of carbonyl (C=O) groups excluding carboxylic acids is 1. The summed E-state index contributed by atoms with van der Waals surface area (Å²) >= 11 is 0. The molecule has 6 heteroatoms. The molecule has 0 aliphatic carbocycles. The number of rotatable bonds is 3. The van der Waals surface area contributed by atoms with Crippen molar-refractivity contribution in [3.8, 4) is 0 Å². The number of nitrogens with one attached hydrogen (secondary N) is 1. The Bertz CT molecular complexity index is 954. The number of aromatic amines is 1. The van der Waals surface area contributed by atoms with Crippen LogP contribution in [0.1, 0.15) is 53.3 Å². The van der Waals surface area contributed by atoms with Crippen molar-refractivity contribution in [2.75, 3.05) is 13.1 Å². The lowest BCUT2D eigenvalue weighted by molar-refractivity contribution is 0.0692. The molecule has 1 aromatic carbocycles. The van der Waals surface area contributed by atoms with Crippen molar-refractivity contribution in [2.45, 2.75) is 46.1 Å². The van der Waals surface area contributed by atoms with Crippen molar-refractivity contribution >= 4 is 16.9 Å². The van der Waals surface area contributed by atoms with Crippen LogP contribution in [0.2, 0.25) is 0 Å². The Labute approximate surface area is 153 Å². The van der Waals surface area contributed by atoms with Gasteiger partial charge in [0, 0.05) is 25.6 Å². The van der Waals surface area contributed by atoms with E-state index in [4.69, 9.17) is 4.98 Å². The lowest BCUT2D eigenvalue weighted by Crippen LogP contribution is -2.40. The first-order valence-electron chi connectivity index (χ1n) is 9.35. The molecule has 1 N–H and O–H groups in total. The molecule has 1 aliphatic heterocycles. The van der Waals surface area contributed by atoms with E-state index >= 15 is 0 Å². The number of fused-ring (bicyclic) bond motifs is 1. The molecule has 0 radical (unpaired) electrons. The monoisotopic (exact) mass is 351 g/mol. The minimum absolute atomic E-state index is 0.0736. The lowest BCUT2D eigenvalue weighted by atomic mass is 9.97. The molecule has 6 nitrogen and oxygen atoms in total. The number of hydrogen-bond donors (Lipinski definition) is 1. The minimum Gasteiger partial charge on any atom is -0.342 e. The van der Waals surface area contributed by atoms with Gasteiger partial charge in [0.2, 0.25) is 0 Å². The number of likely N-dealkylation sites (tertiary alicyclic amines) is 1. The molecule has 1 fully saturated rings. The molecule has 0 saturated carbocycles. The Morgan fingerprint density at radius 2 is 2.19 bits per heavy atom. The Morgan fingerprint density at radius 1 is 1.35 bits per heavy atom. The smallest absolute Gasteiger partial charge is 0.272 e. The van der Waals surface area contributed by atoms with Crippen LogP contribution in [0.15, 0.2) is 24.3 Å². The molecule has 0 spiro atoms. The van der Waals surface area contributed by atoms with Gasteiger partial charge in [-0.15, -0.1) is 0 Å². The van der Waals surface area contributed by atoms with Gasteiger partial charge in [0.15, 0.2) is 0 Å². The largest absolute Gasteiger partial charge is 0.342 e. The van der Waals surface area contributed by atoms with E-state index in [-0.39, 0.29) is 11.8 Å². The molecule has 1 aliphatic rings. The zero-order valence-corrected chi connectivity index (χ0v) is 15.6. The fourth-order valence-electron chi connectivity index (χ4n) is 3.89. The van der Waals surface area contributed by atoms with Crippen LogP contribution in [0.5, 0.6) is 0 Å². The zero-order chi connectivity index (χ0) is 18.3. The number of carbonyl (C=O) groups is 1. The van der Waals surface area contributed by atoms with E-state index in [2.05, 4.69) is 29.1 Å². The van der Waals surface area contributed by atoms with Gasteiger partial charge in [-0.25, -0.2) is 4.98 Å². The van der Waals surface area contributed by atoms with Crippen LogP contribution >= 0.6 is 0 Å². The van der Waals surface area contributed by atoms with Crippen molar-refractivity contribution in [1.29, 1.82) is 0 Å². The van der Waals surface area contributed by atoms with Crippen molar-refractivity contribution in [3.05, 3.63) is 47.0 Å². The molecule has 3 aromatic rings. The number of aromatic nitrogens is 4. The van der Waals surface area contributed by atoms with Crippen molar-refractivity contribution in [2.24, 2.45) is 0 Å². The maximum Gasteiger partial charge on any atom is 0.272 e. The molecule has 1 atom stereocenters. The highest BCUT2D eigenvalue weighted by Crippen LogP contribution is 2.28. The molecule has 4 rings (SSSR count). The van der Waals surface area contributed by atoms with Gasteiger partial charge in [0.1, 0.15) is 11.5 Å². The van der Waals surface area contributed by atoms with Crippen LogP contribution in [0.3, 0.4) is 0 Å². The molecule has 136 valence electrons. The summed E-state index contributed by atoms with van der Waals surface area (Å²) in [6.45, 7) is 8.22. The van der Waals surface area contributed by atoms with Gasteiger partial charge in [0.05, 0.1) is 16.7 Å². The second kappa shape index (κ2) is 6.59. The summed E-state index contributed by atoms with van der Waals surface area (Å²) in [6, 6.07) is 8.08. The van der Waals surface area contributed by atoms with Crippen LogP contribution in [0.25, 0.3) is 11.0 Å². The predicted molar refractivity (Wildman–Crippen MR) is 101 cm³/mol. The van der Waals surface area contributed by atoms with Gasteiger partial charge in [0.25, 0.3) is 5.91 Å². The average Bonchev–Trinajstić information content (AvgIpc) is 3.25. The number of aryl methyl sites for hydroxylation is 3. The van der Waals surface area contributed by atoms with Gasteiger partial charge in [-0.2, -0.15) is 5.10 Å². The summed E-state index contributed by atoms with van der Waals surface area (Å²) in [4.78, 5) is 23.3. The molecular formula is C20H25N5O. The number of nitrogens with zero attached hydrogens (tertiary/aromatic N) is 4. The Morgan fingerprint density at radius 3 is 2.96 bits per heavy atom. The van der Waals surface area contributed by atoms with E-state index in [0.717, 1.165) is 41.9 Å². The van der Waals surface area contributed by atoms with E-state index in [0.29, 0.717) is 18.8 Å². The van der Waals surface area contributed by atoms with Crippen LogP contribution in [0, 0.1) is 13.8 Å². The van der Waals surface area contributed by atoms with Crippen molar-refractivity contribution in [1.82, 2.24) is 24.6 Å². The molecule has 26 heavy (non-hydrogen) atoms. The number of imidazole rings is 1. The maximum absolute atomic E-state index is 13.0. The van der Waals surface area contributed by atoms with E-state index in [1.54, 1.807) is 4.68 Å². The van der Waals surface area contributed by atoms with E-state index in [1.165, 1.54) is 5.56 Å². The van der Waals surface area contributed by atoms with Crippen LogP contribution in [0.4, 0.5) is 0 Å². The van der Waals surface area contributed by atoms with Gasteiger partial charge < -0.3 is 9.88 Å². The molecule has 3 heterocycles. The number of hydrogen-bond acceptors (Lipinski definition) is 3. The fraction of sp³-hybridized carbons (Fsp3) is 0.450. The van der Waals surface area contributed by atoms with E-state index < -0.39 is 0 Å². The first-order valence-corrected chi connectivity index (χ1v) is 9.35. The van der Waals surface area contributed by atoms with Crippen LogP contribution in [-0.4, -0.2) is 43.6 Å². The summed E-state index contributed by atoms with van der Waals surface area (Å²) in [5.41, 5.74) is 4.85. The third-order valence-corrected chi connectivity index (χ3v) is 5.25. The van der Waals surface area contributed by atoms with E-state index in [9.17, 15) is 4.79 Å². The summed E-state index contributed by atoms with van der Waals surface area (Å²) in [7, 11) is 0. The topological polar surface area (TPSA) is 66.8 Å². The van der Waals surface area contributed by atoms with Crippen LogP contribution < -0.4 is 0 Å². The lowest BCUT2D eigenvalue weighted by Gasteiger charge is -2.31. The number of amides is 1. The molecule has 1 unspecified atom stereocenters. The summed E-state index contributed by atoms with van der Waals surface area (Å²) < 4.78 is 1.80. The second-order valence-corrected chi connectivity index (χ2v) is 7.17. The minimum atomic E-state index is 0.0736. The van der Waals surface area contributed by atoms with Gasteiger partial charge in [-0.3, -0.25) is 9.48 Å². The molecule has 0 bridgehead atoms. The number of H-pyrrole nitrogens is 1. The molecular weight excluding hydrogens is 326 g/mol. The standard InChI is InChI=1S/C20H25N5O/c1-4-25-17(11-14(3)23-25)20(26)24-10-6-8-15(12-24)19-21-16-9-5-7-13(2)18(16)22-19/h5,7,9,11,15H,4,6,8,10,12H2,1-3H3,(H,21,22). The molecule has 2 aromatic heterocycles. The first-order chi connectivity index (χ1) is 12.6. The Kier molecular flexibility index (Phi) is 4.26. The number of piperidine rings is 1. The zero-order valence-electron chi connectivity index (χ0n) is 15.6. The van der Waals surface area contributed by atoms with Gasteiger partial charge in [-0.1, -0.05) is 12.1 Å². The molecule has 1 amide bonds. The fourth-order valence-corrected chi connectivity index (χ4v) is 3.89. The summed E-state index contributed by atoms with van der Waals surface area (Å²) in [5, 5.41) is 4.41. The normalized spacial score (nSPS) is 17.8. The van der Waals surface area contributed by atoms with Crippen molar-refractivity contribution in [3.63, 3.8) is 0 Å². The van der Waals surface area contributed by atoms with Gasteiger partial charge in [-0.05, 0) is 51.3 Å². The predicted octanol–water partition coefficient (Wildman–Crippen LogP) is 3.42. The number of para-hydroxylation sites is 1. The highest BCUT2D eigenvalue weighted by Gasteiger charge is 2.29. The third-order valence-electron chi connectivity index (χ3n) is 5.25. The van der Waals surface area contributed by atoms with Crippen LogP contribution in [-0.2, 0) is 6.54 Å². The quantitative estimate of drug-likeness (QED) is 0.786. The second-order valence-electron chi connectivity index (χ2n) is 7.17. The highest BCUT2D eigenvalue weighted by atomic mass is 16.2. The first kappa shape index (κ1) is 16.8. The van der Waals surface area contributed by atoms with Crippen molar-refractivity contribution < 1.29 is 4.79 Å². The average molecular weight is 351 g/mol. The highest BCUT2D eigenvalue weighted by molar-refractivity contribution is 5.92. The SMILES string of the molecule is CCn1nc(C)cc1C(=O)N1CCCC(c2nc3c(C)cccc3[nH]2)C1. The summed E-state index contributed by atoms with van der Waals surface area (Å²) in [5.74, 6) is 1.31. The third kappa shape index (κ3) is 2.89. The molecule has 1 saturated heterocycles. The maximum atomic E-state index is 13.0. The summed E-state index contributed by atoms with van der Waals surface area (Å²) in [6.07, 6.45) is 2.04. The van der Waals surface area contributed by atoms with Gasteiger partial charge >= 0.3 is 0 Å². The Balaban J connectivity index is 1.58. The Hall–Kier alpha value is -2.63. The number of benzene rings is 1.